The molecule has 5 rings (SSSR count). The van der Waals surface area contributed by atoms with Gasteiger partial charge in [0.15, 0.2) is 0 Å². The van der Waals surface area contributed by atoms with Crippen LogP contribution in [0.5, 0.6) is 0 Å². The lowest BCUT2D eigenvalue weighted by atomic mass is 10.0. The molecule has 1 atom stereocenters. The van der Waals surface area contributed by atoms with Crippen LogP contribution in [0.1, 0.15) is 43.7 Å². The summed E-state index contributed by atoms with van der Waals surface area (Å²) in [5.41, 5.74) is 6.20. The molecule has 1 N–H and O–H groups in total. The van der Waals surface area contributed by atoms with Crippen LogP contribution >= 0.6 is 47.0 Å². The average Bonchev–Trinajstić information content (AvgIpc) is 3.51. The van der Waals surface area contributed by atoms with Gasteiger partial charge >= 0.3 is 0 Å². The van der Waals surface area contributed by atoms with E-state index in [1.54, 1.807) is 6.07 Å². The van der Waals surface area contributed by atoms with Gasteiger partial charge in [0.05, 0.1) is 22.5 Å². The quantitative estimate of drug-likeness (QED) is 0.451. The zero-order valence-corrected chi connectivity index (χ0v) is 22.0. The summed E-state index contributed by atoms with van der Waals surface area (Å²) >= 11 is 24.6. The largest absolute Gasteiger partial charge is 0.308 e. The molecule has 0 bridgehead atoms. The number of thiocarbonyl (C=S) groups is 1. The maximum atomic E-state index is 6.56. The van der Waals surface area contributed by atoms with Crippen LogP contribution < -0.4 is 10.4 Å². The Bertz CT molecular complexity index is 1060. The highest BCUT2D eigenvalue weighted by Gasteiger charge is 2.33. The SMILES string of the molecule is S=C(NN1CCN(C2CCCC2)CC1)C1=NN(c2ccc(Cl)cc2Cl)C(c2ccc(Cl)cc2)C1. The van der Waals surface area contributed by atoms with E-state index in [1.165, 1.54) is 25.7 Å². The van der Waals surface area contributed by atoms with Crippen molar-refractivity contribution >= 4 is 63.4 Å². The van der Waals surface area contributed by atoms with E-state index in [0.29, 0.717) is 26.5 Å². The van der Waals surface area contributed by atoms with Crippen molar-refractivity contribution in [2.45, 2.75) is 44.2 Å². The van der Waals surface area contributed by atoms with E-state index in [0.717, 1.165) is 49.2 Å². The molecule has 2 aromatic carbocycles. The van der Waals surface area contributed by atoms with Gasteiger partial charge in [0.25, 0.3) is 0 Å². The molecular formula is C25H28Cl3N5S. The van der Waals surface area contributed by atoms with E-state index < -0.39 is 0 Å². The molecular weight excluding hydrogens is 509 g/mol. The van der Waals surface area contributed by atoms with Gasteiger partial charge in [-0.3, -0.25) is 9.91 Å². The molecule has 2 aliphatic heterocycles. The van der Waals surface area contributed by atoms with Gasteiger partial charge in [-0.15, -0.1) is 0 Å². The second-order valence-corrected chi connectivity index (χ2v) is 10.8. The highest BCUT2D eigenvalue weighted by atomic mass is 35.5. The van der Waals surface area contributed by atoms with Gasteiger partial charge in [-0.25, -0.2) is 5.01 Å². The third kappa shape index (κ3) is 5.38. The molecule has 0 aromatic heterocycles. The number of hydrazine groups is 1. The average molecular weight is 537 g/mol. The molecule has 1 saturated heterocycles. The standard InChI is InChI=1S/C25H28Cl3N5S/c26-18-7-5-17(6-8-18)24-16-22(29-33(24)23-10-9-19(27)15-21(23)28)25(34)30-32-13-11-31(12-14-32)20-3-1-2-4-20/h5-10,15,20,24H,1-4,11-14,16H2,(H,30,34). The lowest BCUT2D eigenvalue weighted by Gasteiger charge is -2.38. The van der Waals surface area contributed by atoms with E-state index in [4.69, 9.17) is 52.1 Å². The predicted octanol–water partition coefficient (Wildman–Crippen LogP) is 6.35. The number of halogens is 3. The second-order valence-electron chi connectivity index (χ2n) is 9.16. The number of rotatable bonds is 5. The van der Waals surface area contributed by atoms with Crippen LogP contribution in [0.25, 0.3) is 0 Å². The first-order valence-electron chi connectivity index (χ1n) is 11.8. The first-order valence-corrected chi connectivity index (χ1v) is 13.4. The highest BCUT2D eigenvalue weighted by Crippen LogP contribution is 2.40. The van der Waals surface area contributed by atoms with Crippen LogP contribution in [0.3, 0.4) is 0 Å². The van der Waals surface area contributed by atoms with Crippen molar-refractivity contribution in [2.75, 3.05) is 31.2 Å². The maximum absolute atomic E-state index is 6.56. The third-order valence-electron chi connectivity index (χ3n) is 7.00. The maximum Gasteiger partial charge on any atom is 0.137 e. The molecule has 5 nitrogen and oxygen atoms in total. The number of piperazine rings is 1. The van der Waals surface area contributed by atoms with E-state index in [2.05, 4.69) is 15.3 Å². The fourth-order valence-electron chi connectivity index (χ4n) is 5.16. The molecule has 0 spiro atoms. The van der Waals surface area contributed by atoms with Crippen molar-refractivity contribution in [3.05, 3.63) is 63.1 Å². The van der Waals surface area contributed by atoms with Crippen LogP contribution in [0, 0.1) is 0 Å². The molecule has 0 radical (unpaired) electrons. The van der Waals surface area contributed by atoms with Gasteiger partial charge in [-0.1, -0.05) is 72.0 Å². The number of hydrogen-bond acceptors (Lipinski definition) is 5. The van der Waals surface area contributed by atoms with Gasteiger partial charge in [0.1, 0.15) is 4.99 Å². The summed E-state index contributed by atoms with van der Waals surface area (Å²) < 4.78 is 0. The first-order chi connectivity index (χ1) is 16.5. The van der Waals surface area contributed by atoms with Gasteiger partial charge < -0.3 is 5.43 Å². The van der Waals surface area contributed by atoms with Crippen molar-refractivity contribution in [1.82, 2.24) is 15.3 Å². The molecule has 2 heterocycles. The van der Waals surface area contributed by atoms with E-state index >= 15 is 0 Å². The van der Waals surface area contributed by atoms with E-state index in [1.807, 2.05) is 41.4 Å². The molecule has 2 aromatic rings. The number of anilines is 1. The number of benzene rings is 2. The first kappa shape index (κ1) is 24.3. The zero-order chi connectivity index (χ0) is 23.7. The van der Waals surface area contributed by atoms with E-state index in [-0.39, 0.29) is 6.04 Å². The molecule has 1 saturated carbocycles. The summed E-state index contributed by atoms with van der Waals surface area (Å²) in [6, 6.07) is 14.1. The Morgan fingerprint density at radius 1 is 0.912 bits per heavy atom. The Hall–Kier alpha value is -1.41. The van der Waals surface area contributed by atoms with Crippen LogP contribution in [-0.2, 0) is 0 Å². The molecule has 0 amide bonds. The number of nitrogens with one attached hydrogen (secondary N) is 1. The third-order valence-corrected chi connectivity index (χ3v) is 8.12. The summed E-state index contributed by atoms with van der Waals surface area (Å²) in [4.78, 5) is 3.31. The summed E-state index contributed by atoms with van der Waals surface area (Å²) in [6.07, 6.45) is 6.11. The van der Waals surface area contributed by atoms with Crippen LogP contribution in [-0.4, -0.2) is 52.8 Å². The molecule has 9 heteroatoms. The lowest BCUT2D eigenvalue weighted by Crippen LogP contribution is -2.55. The normalized spacial score (nSPS) is 22.3. The summed E-state index contributed by atoms with van der Waals surface area (Å²) in [6.45, 7) is 4.06. The highest BCUT2D eigenvalue weighted by molar-refractivity contribution is 7.82. The fraction of sp³-hybridized carbons (Fsp3) is 0.440. The van der Waals surface area contributed by atoms with Crippen molar-refractivity contribution < 1.29 is 0 Å². The predicted molar refractivity (Wildman–Crippen MR) is 146 cm³/mol. The summed E-state index contributed by atoms with van der Waals surface area (Å²) in [5, 5.41) is 10.9. The topological polar surface area (TPSA) is 34.1 Å². The molecule has 1 aliphatic carbocycles. The van der Waals surface area contributed by atoms with Crippen molar-refractivity contribution in [2.24, 2.45) is 5.10 Å². The Morgan fingerprint density at radius 2 is 1.59 bits per heavy atom. The molecule has 180 valence electrons. The van der Waals surface area contributed by atoms with Gasteiger partial charge in [0.2, 0.25) is 0 Å². The minimum atomic E-state index is -0.0371. The second kappa shape index (κ2) is 10.7. The van der Waals surface area contributed by atoms with Crippen LogP contribution in [0.2, 0.25) is 15.1 Å². The van der Waals surface area contributed by atoms with Crippen LogP contribution in [0.15, 0.2) is 47.6 Å². The summed E-state index contributed by atoms with van der Waals surface area (Å²) in [5.74, 6) is 0. The molecule has 3 aliphatic rings. The van der Waals surface area contributed by atoms with E-state index in [9.17, 15) is 0 Å². The monoisotopic (exact) mass is 535 g/mol. The smallest absolute Gasteiger partial charge is 0.137 e. The summed E-state index contributed by atoms with van der Waals surface area (Å²) in [7, 11) is 0. The molecule has 1 unspecified atom stereocenters. The Labute approximate surface area is 221 Å². The van der Waals surface area contributed by atoms with Crippen molar-refractivity contribution in [3.63, 3.8) is 0 Å². The minimum absolute atomic E-state index is 0.0371. The number of hydrazone groups is 1. The molecule has 34 heavy (non-hydrogen) atoms. The minimum Gasteiger partial charge on any atom is -0.308 e. The van der Waals surface area contributed by atoms with Crippen LogP contribution in [0.4, 0.5) is 5.69 Å². The number of hydrogen-bond donors (Lipinski definition) is 1. The fourth-order valence-corrected chi connectivity index (χ4v) is 6.03. The van der Waals surface area contributed by atoms with Gasteiger partial charge in [-0.05, 0) is 48.7 Å². The Kier molecular flexibility index (Phi) is 7.64. The Balaban J connectivity index is 1.30. The van der Waals surface area contributed by atoms with Gasteiger partial charge in [0, 0.05) is 48.7 Å². The Morgan fingerprint density at radius 3 is 2.26 bits per heavy atom. The van der Waals surface area contributed by atoms with Crippen molar-refractivity contribution in [1.29, 1.82) is 0 Å². The van der Waals surface area contributed by atoms with Gasteiger partial charge in [-0.2, -0.15) is 5.10 Å². The lowest BCUT2D eigenvalue weighted by molar-refractivity contribution is 0.0832. The zero-order valence-electron chi connectivity index (χ0n) is 18.9. The molecule has 2 fully saturated rings. The number of nitrogens with zero attached hydrogens (tertiary/aromatic N) is 4. The van der Waals surface area contributed by atoms with Crippen molar-refractivity contribution in [3.8, 4) is 0 Å².